The van der Waals surface area contributed by atoms with Crippen molar-refractivity contribution in [2.45, 2.75) is 6.54 Å². The maximum Gasteiger partial charge on any atom is 0.253 e. The zero-order valence-corrected chi connectivity index (χ0v) is 13.8. The van der Waals surface area contributed by atoms with Crippen LogP contribution in [0.25, 0.3) is 0 Å². The van der Waals surface area contributed by atoms with Gasteiger partial charge in [0.2, 0.25) is 0 Å². The second-order valence-electron chi connectivity index (χ2n) is 3.50. The fraction of sp³-hybridized carbons (Fsp3) is 0.0833. The molecule has 0 aliphatic heterocycles. The van der Waals surface area contributed by atoms with Crippen LogP contribution < -0.4 is 5.32 Å². The van der Waals surface area contributed by atoms with Gasteiger partial charge in [-0.05, 0) is 45.6 Å². The van der Waals surface area contributed by atoms with Gasteiger partial charge in [-0.15, -0.1) is 11.3 Å². The molecular weight excluding hydrogens is 401 g/mol. The Bertz CT molecular complexity index is 585. The van der Waals surface area contributed by atoms with Crippen LogP contribution in [0.5, 0.6) is 0 Å². The molecule has 0 saturated heterocycles. The van der Waals surface area contributed by atoms with E-state index in [1.807, 2.05) is 11.4 Å². The van der Waals surface area contributed by atoms with Crippen molar-refractivity contribution < 1.29 is 4.79 Å². The number of halogens is 3. The molecule has 0 spiro atoms. The zero-order valence-electron chi connectivity index (χ0n) is 9.04. The molecule has 1 amide bonds. The molecule has 0 unspecified atom stereocenters. The summed E-state index contributed by atoms with van der Waals surface area (Å²) in [6, 6.07) is 7.16. The molecule has 2 rings (SSSR count). The highest BCUT2D eigenvalue weighted by Crippen LogP contribution is 2.23. The lowest BCUT2D eigenvalue weighted by Gasteiger charge is -2.06. The quantitative estimate of drug-likeness (QED) is 0.771. The second-order valence-corrected chi connectivity index (χ2v) is 6.68. The van der Waals surface area contributed by atoms with Crippen LogP contribution in [0.4, 0.5) is 0 Å². The summed E-state index contributed by atoms with van der Waals surface area (Å²) in [5.74, 6) is -0.173. The van der Waals surface area contributed by atoms with Gasteiger partial charge in [0.25, 0.3) is 5.91 Å². The first-order valence-electron chi connectivity index (χ1n) is 5.03. The zero-order chi connectivity index (χ0) is 13.1. The van der Waals surface area contributed by atoms with E-state index in [4.69, 9.17) is 11.6 Å². The van der Waals surface area contributed by atoms with Crippen LogP contribution in [-0.4, -0.2) is 5.91 Å². The van der Waals surface area contributed by atoms with Crippen molar-refractivity contribution in [3.63, 3.8) is 0 Å². The molecule has 2 aromatic rings. The van der Waals surface area contributed by atoms with Gasteiger partial charge in [0.1, 0.15) is 0 Å². The minimum atomic E-state index is -0.173. The van der Waals surface area contributed by atoms with Gasteiger partial charge in [-0.1, -0.05) is 27.5 Å². The Labute approximate surface area is 131 Å². The van der Waals surface area contributed by atoms with Gasteiger partial charge in [0.15, 0.2) is 0 Å². The molecule has 1 heterocycles. The number of nitrogens with one attached hydrogen (secondary N) is 1. The van der Waals surface area contributed by atoms with Crippen LogP contribution >= 0.6 is 54.8 Å². The van der Waals surface area contributed by atoms with E-state index >= 15 is 0 Å². The Morgan fingerprint density at radius 3 is 2.72 bits per heavy atom. The van der Waals surface area contributed by atoms with Crippen LogP contribution in [0.2, 0.25) is 5.02 Å². The molecule has 0 atom stereocenters. The van der Waals surface area contributed by atoms with E-state index in [0.717, 1.165) is 13.8 Å². The summed E-state index contributed by atoms with van der Waals surface area (Å²) in [6.45, 7) is 0.490. The minimum Gasteiger partial charge on any atom is -0.347 e. The molecule has 2 nitrogen and oxygen atoms in total. The molecule has 0 bridgehead atoms. The highest BCUT2D eigenvalue weighted by Gasteiger charge is 2.11. The number of hydrogen-bond donors (Lipinski definition) is 1. The van der Waals surface area contributed by atoms with Gasteiger partial charge in [-0.25, -0.2) is 0 Å². The third kappa shape index (κ3) is 3.35. The van der Waals surface area contributed by atoms with Crippen LogP contribution in [0, 0.1) is 0 Å². The van der Waals surface area contributed by atoms with Gasteiger partial charge >= 0.3 is 0 Å². The van der Waals surface area contributed by atoms with Gasteiger partial charge < -0.3 is 5.32 Å². The first-order valence-corrected chi connectivity index (χ1v) is 7.87. The molecule has 1 N–H and O–H groups in total. The summed E-state index contributed by atoms with van der Waals surface area (Å²) >= 11 is 14.3. The van der Waals surface area contributed by atoms with E-state index in [0.29, 0.717) is 17.1 Å². The van der Waals surface area contributed by atoms with Crippen molar-refractivity contribution in [2.24, 2.45) is 0 Å². The average molecular weight is 410 g/mol. The van der Waals surface area contributed by atoms with E-state index in [9.17, 15) is 4.79 Å². The normalized spacial score (nSPS) is 10.4. The number of benzene rings is 1. The molecule has 1 aromatic carbocycles. The Morgan fingerprint density at radius 2 is 2.11 bits per heavy atom. The summed E-state index contributed by atoms with van der Waals surface area (Å²) in [5, 5.41) is 5.25. The van der Waals surface area contributed by atoms with Crippen molar-refractivity contribution in [3.8, 4) is 0 Å². The first kappa shape index (κ1) is 14.1. The molecule has 0 fully saturated rings. The number of carbonyl (C=O) groups is 1. The monoisotopic (exact) mass is 407 g/mol. The van der Waals surface area contributed by atoms with E-state index in [1.165, 1.54) is 0 Å². The van der Waals surface area contributed by atoms with Crippen molar-refractivity contribution in [1.29, 1.82) is 0 Å². The summed E-state index contributed by atoms with van der Waals surface area (Å²) in [5.41, 5.74) is 0.479. The van der Waals surface area contributed by atoms with E-state index < -0.39 is 0 Å². The van der Waals surface area contributed by atoms with E-state index in [-0.39, 0.29) is 5.91 Å². The fourth-order valence-electron chi connectivity index (χ4n) is 1.38. The molecule has 6 heteroatoms. The van der Waals surface area contributed by atoms with Crippen LogP contribution in [0.15, 0.2) is 38.6 Å². The lowest BCUT2D eigenvalue weighted by atomic mass is 10.2. The molecule has 0 saturated carbocycles. The third-order valence-corrected chi connectivity index (χ3v) is 5.01. The first-order chi connectivity index (χ1) is 8.58. The van der Waals surface area contributed by atoms with Crippen LogP contribution in [-0.2, 0) is 6.54 Å². The van der Waals surface area contributed by atoms with E-state index in [1.54, 1.807) is 29.5 Å². The van der Waals surface area contributed by atoms with Crippen molar-refractivity contribution in [2.75, 3.05) is 0 Å². The lowest BCUT2D eigenvalue weighted by Crippen LogP contribution is -2.22. The standard InChI is InChI=1S/C12H8Br2ClNOS/c13-7-1-2-8(10(15)5-7)12(17)16-6-11-9(14)3-4-18-11/h1-5H,6H2,(H,16,17). The molecule has 0 aliphatic rings. The molecule has 18 heavy (non-hydrogen) atoms. The molecule has 0 aliphatic carbocycles. The highest BCUT2D eigenvalue weighted by atomic mass is 79.9. The van der Waals surface area contributed by atoms with E-state index in [2.05, 4.69) is 37.2 Å². The van der Waals surface area contributed by atoms with Gasteiger partial charge in [0.05, 0.1) is 17.1 Å². The molecule has 1 aromatic heterocycles. The number of thiophene rings is 1. The third-order valence-electron chi connectivity index (χ3n) is 2.28. The Hall–Kier alpha value is -0.360. The largest absolute Gasteiger partial charge is 0.347 e. The Morgan fingerprint density at radius 1 is 1.33 bits per heavy atom. The molecule has 94 valence electrons. The summed E-state index contributed by atoms with van der Waals surface area (Å²) in [6.07, 6.45) is 0. The molecular formula is C12H8Br2ClNOS. The van der Waals surface area contributed by atoms with Crippen LogP contribution in [0.1, 0.15) is 15.2 Å². The van der Waals surface area contributed by atoms with Crippen molar-refractivity contribution in [3.05, 3.63) is 54.1 Å². The SMILES string of the molecule is O=C(NCc1sccc1Br)c1ccc(Br)cc1Cl. The number of hydrogen-bond acceptors (Lipinski definition) is 2. The number of carbonyl (C=O) groups excluding carboxylic acids is 1. The average Bonchev–Trinajstić information content (AvgIpc) is 2.72. The van der Waals surface area contributed by atoms with Crippen molar-refractivity contribution in [1.82, 2.24) is 5.32 Å². The highest BCUT2D eigenvalue weighted by molar-refractivity contribution is 9.10. The van der Waals surface area contributed by atoms with Gasteiger partial charge in [-0.2, -0.15) is 0 Å². The Kier molecular flexibility index (Phi) is 4.84. The van der Waals surface area contributed by atoms with Gasteiger partial charge in [0, 0.05) is 13.8 Å². The topological polar surface area (TPSA) is 29.1 Å². The van der Waals surface area contributed by atoms with Gasteiger partial charge in [-0.3, -0.25) is 4.79 Å². The summed E-state index contributed by atoms with van der Waals surface area (Å²) in [4.78, 5) is 13.0. The molecule has 0 radical (unpaired) electrons. The summed E-state index contributed by atoms with van der Waals surface area (Å²) in [7, 11) is 0. The lowest BCUT2D eigenvalue weighted by molar-refractivity contribution is 0.0951. The summed E-state index contributed by atoms with van der Waals surface area (Å²) < 4.78 is 1.86. The minimum absolute atomic E-state index is 0.173. The van der Waals surface area contributed by atoms with Crippen molar-refractivity contribution >= 4 is 60.7 Å². The predicted octanol–water partition coefficient (Wildman–Crippen LogP) is 4.86. The predicted molar refractivity (Wildman–Crippen MR) is 82.3 cm³/mol. The maximum absolute atomic E-state index is 12.0. The smallest absolute Gasteiger partial charge is 0.253 e. The maximum atomic E-state index is 12.0. The number of amides is 1. The number of rotatable bonds is 3. The van der Waals surface area contributed by atoms with Crippen LogP contribution in [0.3, 0.4) is 0 Å². The Balaban J connectivity index is 2.06. The fourth-order valence-corrected chi connectivity index (χ4v) is 3.57. The second kappa shape index (κ2) is 6.19.